The first kappa shape index (κ1) is 15.9. The van der Waals surface area contributed by atoms with E-state index in [0.29, 0.717) is 5.92 Å². The smallest absolute Gasteiger partial charge is 0.317 e. The SMILES string of the molecule is CC(C)[C@H](NC(=O)N1CCC1)c1ccc(C(C)(C)C)cc1. The van der Waals surface area contributed by atoms with Crippen LogP contribution in [0.25, 0.3) is 0 Å². The number of carbonyl (C=O) groups excluding carboxylic acids is 1. The highest BCUT2D eigenvalue weighted by Gasteiger charge is 2.25. The first-order valence-corrected chi connectivity index (χ1v) is 7.95. The molecule has 2 amide bonds. The lowest BCUT2D eigenvalue weighted by atomic mass is 9.85. The maximum atomic E-state index is 12.2. The van der Waals surface area contributed by atoms with Crippen LogP contribution >= 0.6 is 0 Å². The molecule has 0 spiro atoms. The molecule has 1 fully saturated rings. The third-order valence-corrected chi connectivity index (χ3v) is 4.22. The average molecular weight is 288 g/mol. The second kappa shape index (κ2) is 6.08. The minimum Gasteiger partial charge on any atom is -0.331 e. The van der Waals surface area contributed by atoms with Crippen LogP contribution in [0.5, 0.6) is 0 Å². The van der Waals surface area contributed by atoms with Crippen molar-refractivity contribution in [3.63, 3.8) is 0 Å². The van der Waals surface area contributed by atoms with Crippen LogP contribution in [-0.4, -0.2) is 24.0 Å². The summed E-state index contributed by atoms with van der Waals surface area (Å²) in [6.45, 7) is 12.7. The summed E-state index contributed by atoms with van der Waals surface area (Å²) in [6.07, 6.45) is 1.13. The summed E-state index contributed by atoms with van der Waals surface area (Å²) in [7, 11) is 0. The molecule has 0 bridgehead atoms. The van der Waals surface area contributed by atoms with Gasteiger partial charge >= 0.3 is 6.03 Å². The average Bonchev–Trinajstić information content (AvgIpc) is 2.32. The fourth-order valence-electron chi connectivity index (χ4n) is 2.57. The molecule has 1 aromatic carbocycles. The summed E-state index contributed by atoms with van der Waals surface area (Å²) in [5.41, 5.74) is 2.67. The number of benzene rings is 1. The number of hydrogen-bond donors (Lipinski definition) is 1. The van der Waals surface area contributed by atoms with Crippen LogP contribution in [0.2, 0.25) is 0 Å². The first-order chi connectivity index (χ1) is 9.79. The van der Waals surface area contributed by atoms with E-state index in [1.807, 2.05) is 4.90 Å². The first-order valence-electron chi connectivity index (χ1n) is 7.95. The number of likely N-dealkylation sites (tertiary alicyclic amines) is 1. The molecule has 3 heteroatoms. The van der Waals surface area contributed by atoms with Crippen molar-refractivity contribution in [3.8, 4) is 0 Å². The second-order valence-electron chi connectivity index (χ2n) is 7.38. The van der Waals surface area contributed by atoms with Gasteiger partial charge in [0.15, 0.2) is 0 Å². The zero-order chi connectivity index (χ0) is 15.6. The van der Waals surface area contributed by atoms with Crippen molar-refractivity contribution in [3.05, 3.63) is 35.4 Å². The van der Waals surface area contributed by atoms with Gasteiger partial charge < -0.3 is 10.2 Å². The normalized spacial score (nSPS) is 16.6. The Morgan fingerprint density at radius 1 is 1.14 bits per heavy atom. The van der Waals surface area contributed by atoms with Gasteiger partial charge in [0.25, 0.3) is 0 Å². The van der Waals surface area contributed by atoms with Crippen LogP contribution in [0.3, 0.4) is 0 Å². The van der Waals surface area contributed by atoms with Crippen LogP contribution in [-0.2, 0) is 5.41 Å². The van der Waals surface area contributed by atoms with E-state index in [1.165, 1.54) is 11.1 Å². The van der Waals surface area contributed by atoms with E-state index in [4.69, 9.17) is 0 Å². The molecule has 1 heterocycles. The van der Waals surface area contributed by atoms with Crippen molar-refractivity contribution in [2.45, 2.75) is 52.5 Å². The van der Waals surface area contributed by atoms with Crippen molar-refractivity contribution in [2.75, 3.05) is 13.1 Å². The van der Waals surface area contributed by atoms with E-state index in [2.05, 4.69) is 64.2 Å². The molecule has 0 aromatic heterocycles. The Labute approximate surface area is 128 Å². The van der Waals surface area contributed by atoms with E-state index in [9.17, 15) is 4.79 Å². The van der Waals surface area contributed by atoms with Gasteiger partial charge in [0, 0.05) is 13.1 Å². The zero-order valence-corrected chi connectivity index (χ0v) is 13.9. The van der Waals surface area contributed by atoms with E-state index >= 15 is 0 Å². The van der Waals surface area contributed by atoms with Crippen LogP contribution in [0.1, 0.15) is 58.2 Å². The fourth-order valence-corrected chi connectivity index (χ4v) is 2.57. The van der Waals surface area contributed by atoms with Gasteiger partial charge in [-0.05, 0) is 28.9 Å². The molecule has 1 aromatic rings. The van der Waals surface area contributed by atoms with Gasteiger partial charge in [-0.3, -0.25) is 0 Å². The molecule has 1 aliphatic heterocycles. The minimum atomic E-state index is 0.0693. The Bertz CT molecular complexity index is 481. The Morgan fingerprint density at radius 2 is 1.71 bits per heavy atom. The highest BCUT2D eigenvalue weighted by Crippen LogP contribution is 2.27. The van der Waals surface area contributed by atoms with Crippen molar-refractivity contribution in [1.29, 1.82) is 0 Å². The molecule has 0 aliphatic carbocycles. The molecule has 116 valence electrons. The summed E-state index contributed by atoms with van der Waals surface area (Å²) < 4.78 is 0. The number of rotatable bonds is 3. The molecule has 0 unspecified atom stereocenters. The van der Waals surface area contributed by atoms with Crippen molar-refractivity contribution in [1.82, 2.24) is 10.2 Å². The van der Waals surface area contributed by atoms with Gasteiger partial charge in [-0.15, -0.1) is 0 Å². The maximum absolute atomic E-state index is 12.2. The van der Waals surface area contributed by atoms with Crippen LogP contribution in [0.4, 0.5) is 4.79 Å². The van der Waals surface area contributed by atoms with E-state index in [0.717, 1.165) is 19.5 Å². The molecule has 21 heavy (non-hydrogen) atoms. The molecular formula is C18H28N2O. The number of nitrogens with zero attached hydrogens (tertiary/aromatic N) is 1. The van der Waals surface area contributed by atoms with Gasteiger partial charge in [0.2, 0.25) is 0 Å². The molecule has 1 N–H and O–H groups in total. The quantitative estimate of drug-likeness (QED) is 0.892. The summed E-state index contributed by atoms with van der Waals surface area (Å²) >= 11 is 0. The van der Waals surface area contributed by atoms with Gasteiger partial charge in [0.05, 0.1) is 6.04 Å². The monoisotopic (exact) mass is 288 g/mol. The highest BCUT2D eigenvalue weighted by molar-refractivity contribution is 5.75. The third-order valence-electron chi connectivity index (χ3n) is 4.22. The largest absolute Gasteiger partial charge is 0.331 e. The molecule has 1 saturated heterocycles. The highest BCUT2D eigenvalue weighted by atomic mass is 16.2. The fraction of sp³-hybridized carbons (Fsp3) is 0.611. The second-order valence-corrected chi connectivity index (χ2v) is 7.38. The minimum absolute atomic E-state index is 0.0693. The summed E-state index contributed by atoms with van der Waals surface area (Å²) in [6, 6.07) is 8.82. The van der Waals surface area contributed by atoms with Gasteiger partial charge in [-0.2, -0.15) is 0 Å². The Balaban J connectivity index is 2.12. The molecular weight excluding hydrogens is 260 g/mol. The molecule has 0 radical (unpaired) electrons. The van der Waals surface area contributed by atoms with Crippen molar-refractivity contribution >= 4 is 6.03 Å². The van der Waals surface area contributed by atoms with Gasteiger partial charge in [0.1, 0.15) is 0 Å². The molecule has 1 atom stereocenters. The van der Waals surface area contributed by atoms with Crippen LogP contribution < -0.4 is 5.32 Å². The lowest BCUT2D eigenvalue weighted by Crippen LogP contribution is -2.49. The van der Waals surface area contributed by atoms with E-state index in [1.54, 1.807) is 0 Å². The summed E-state index contributed by atoms with van der Waals surface area (Å²) in [4.78, 5) is 14.0. The topological polar surface area (TPSA) is 32.3 Å². The molecule has 3 nitrogen and oxygen atoms in total. The summed E-state index contributed by atoms with van der Waals surface area (Å²) in [5, 5.41) is 3.18. The third kappa shape index (κ3) is 3.78. The van der Waals surface area contributed by atoms with Gasteiger partial charge in [-0.1, -0.05) is 58.9 Å². The predicted molar refractivity (Wildman–Crippen MR) is 87.4 cm³/mol. The molecule has 2 rings (SSSR count). The van der Waals surface area contributed by atoms with E-state index < -0.39 is 0 Å². The Hall–Kier alpha value is -1.51. The predicted octanol–water partition coefficient (Wildman–Crippen LogP) is 4.10. The van der Waals surface area contributed by atoms with Crippen molar-refractivity contribution in [2.24, 2.45) is 5.92 Å². The standard InChI is InChI=1S/C18H28N2O/c1-13(2)16(19-17(21)20-11-6-12-20)14-7-9-15(10-8-14)18(3,4)5/h7-10,13,16H,6,11-12H2,1-5H3,(H,19,21)/t16-/m0/s1. The number of amides is 2. The summed E-state index contributed by atoms with van der Waals surface area (Å²) in [5.74, 6) is 0.371. The lowest BCUT2D eigenvalue weighted by molar-refractivity contribution is 0.161. The van der Waals surface area contributed by atoms with E-state index in [-0.39, 0.29) is 17.5 Å². The van der Waals surface area contributed by atoms with Crippen LogP contribution in [0, 0.1) is 5.92 Å². The number of hydrogen-bond acceptors (Lipinski definition) is 1. The van der Waals surface area contributed by atoms with Gasteiger partial charge in [-0.25, -0.2) is 4.79 Å². The maximum Gasteiger partial charge on any atom is 0.317 e. The Kier molecular flexibility index (Phi) is 4.60. The van der Waals surface area contributed by atoms with Crippen LogP contribution in [0.15, 0.2) is 24.3 Å². The number of urea groups is 1. The number of carbonyl (C=O) groups is 1. The molecule has 0 saturated carbocycles. The number of nitrogens with one attached hydrogen (secondary N) is 1. The Morgan fingerprint density at radius 3 is 2.10 bits per heavy atom. The zero-order valence-electron chi connectivity index (χ0n) is 13.9. The molecule has 1 aliphatic rings. The van der Waals surface area contributed by atoms with Crippen molar-refractivity contribution < 1.29 is 4.79 Å². The lowest BCUT2D eigenvalue weighted by Gasteiger charge is -2.34.